The molecule has 0 aliphatic heterocycles. The molecule has 3 heterocycles. The summed E-state index contributed by atoms with van der Waals surface area (Å²) in [6.45, 7) is 0. The molecule has 290 valence electrons. The fraction of sp³-hybridized carbons (Fsp3) is 0. The number of nitrogens with zero attached hydrogens (tertiary/aromatic N) is 1. The molecule has 15 rings (SSSR count). The highest BCUT2D eigenvalue weighted by Gasteiger charge is 2.20. The van der Waals surface area contributed by atoms with Crippen LogP contribution in [0.15, 0.2) is 205 Å². The Bertz CT molecular complexity index is 4500. The molecule has 15 aromatic rings. The van der Waals surface area contributed by atoms with Crippen LogP contribution in [0.25, 0.3) is 145 Å². The van der Waals surface area contributed by atoms with E-state index in [2.05, 4.69) is 205 Å². The van der Waals surface area contributed by atoms with E-state index >= 15 is 0 Å². The predicted molar refractivity (Wildman–Crippen MR) is 271 cm³/mol. The van der Waals surface area contributed by atoms with Crippen molar-refractivity contribution in [3.8, 4) is 16.8 Å². The van der Waals surface area contributed by atoms with Crippen LogP contribution in [-0.4, -0.2) is 4.57 Å². The van der Waals surface area contributed by atoms with Crippen molar-refractivity contribution in [2.45, 2.75) is 0 Å². The summed E-state index contributed by atoms with van der Waals surface area (Å²) in [6, 6.07) is 74.2. The fourth-order valence-electron chi connectivity index (χ4n) is 11.1. The summed E-state index contributed by atoms with van der Waals surface area (Å²) >= 11 is 1.88. The van der Waals surface area contributed by atoms with Crippen LogP contribution >= 0.6 is 11.3 Å². The summed E-state index contributed by atoms with van der Waals surface area (Å²) in [5.41, 5.74) is 7.90. The molecule has 0 aliphatic rings. The molecule has 0 amide bonds. The Morgan fingerprint density at radius 1 is 0.286 bits per heavy atom. The van der Waals surface area contributed by atoms with Crippen molar-refractivity contribution in [3.05, 3.63) is 200 Å². The van der Waals surface area contributed by atoms with Crippen molar-refractivity contribution in [1.29, 1.82) is 0 Å². The minimum Gasteiger partial charge on any atom is -0.456 e. The molecule has 0 N–H and O–H groups in total. The first-order chi connectivity index (χ1) is 31.2. The topological polar surface area (TPSA) is 18.1 Å². The van der Waals surface area contributed by atoms with E-state index in [1.54, 1.807) is 0 Å². The van der Waals surface area contributed by atoms with Gasteiger partial charge in [0.05, 0.1) is 21.4 Å². The van der Waals surface area contributed by atoms with E-state index in [0.717, 1.165) is 21.9 Å². The van der Waals surface area contributed by atoms with Crippen molar-refractivity contribution in [1.82, 2.24) is 4.57 Å². The number of hydrogen-bond donors (Lipinski definition) is 0. The minimum absolute atomic E-state index is 0.912. The molecule has 0 radical (unpaired) electrons. The molecule has 0 bridgehead atoms. The zero-order valence-corrected chi connectivity index (χ0v) is 34.6. The lowest BCUT2D eigenvalue weighted by Gasteiger charge is -2.13. The van der Waals surface area contributed by atoms with Crippen molar-refractivity contribution in [2.24, 2.45) is 0 Å². The van der Waals surface area contributed by atoms with Crippen molar-refractivity contribution in [3.63, 3.8) is 0 Å². The first kappa shape index (κ1) is 33.7. The van der Waals surface area contributed by atoms with Gasteiger partial charge >= 0.3 is 0 Å². The summed E-state index contributed by atoms with van der Waals surface area (Å²) < 4.78 is 11.9. The van der Waals surface area contributed by atoms with Gasteiger partial charge in [-0.05, 0) is 136 Å². The Hall–Kier alpha value is -7.98. The molecule has 0 unspecified atom stereocenters. The average molecular weight is 816 g/mol. The standard InChI is InChI=1S/C60H33NOS/c1-3-14-38-36(12-1)37-13-2-4-15-39(37)49-32-57-52(30-47(38)49)53-31-48-41-17-6-5-16-40(41)46-28-34(24-26-42(46)50(48)33-58(53)62-57)35-25-27-55-51(29-35)43-18-7-9-21-54(43)61(55)56-22-11-20-45-44-19-8-10-23-59(44)63-60(45)56/h1-33H. The lowest BCUT2D eigenvalue weighted by atomic mass is 9.90. The van der Waals surface area contributed by atoms with Crippen LogP contribution < -0.4 is 0 Å². The SMILES string of the molecule is c1ccc2c(c1)sc1c(-n3c4ccccc4c4cc(-c5ccc6c(c5)c5ccccc5c5cc7c(cc65)oc5cc6c8ccccc8c8ccccc8c6cc57)ccc43)cccc12. The highest BCUT2D eigenvalue weighted by atomic mass is 32.1. The average Bonchev–Trinajstić information content (AvgIpc) is 4.02. The third-order valence-electron chi connectivity index (χ3n) is 13.9. The predicted octanol–water partition coefficient (Wildman–Crippen LogP) is 17.6. The zero-order valence-electron chi connectivity index (χ0n) is 33.8. The largest absolute Gasteiger partial charge is 0.456 e. The Morgan fingerprint density at radius 2 is 0.730 bits per heavy atom. The Kier molecular flexibility index (Phi) is 6.59. The monoisotopic (exact) mass is 815 g/mol. The molecular weight excluding hydrogens is 783 g/mol. The van der Waals surface area contributed by atoms with Gasteiger partial charge in [0.2, 0.25) is 0 Å². The fourth-order valence-corrected chi connectivity index (χ4v) is 12.3. The summed E-state index contributed by atoms with van der Waals surface area (Å²) in [4.78, 5) is 0. The maximum atomic E-state index is 6.83. The van der Waals surface area contributed by atoms with Gasteiger partial charge in [0.1, 0.15) is 11.2 Å². The van der Waals surface area contributed by atoms with Gasteiger partial charge in [-0.2, -0.15) is 0 Å². The van der Waals surface area contributed by atoms with Gasteiger partial charge in [0, 0.05) is 37.0 Å². The van der Waals surface area contributed by atoms with Gasteiger partial charge in [-0.3, -0.25) is 0 Å². The van der Waals surface area contributed by atoms with Crippen LogP contribution in [-0.2, 0) is 0 Å². The number of furan rings is 1. The van der Waals surface area contributed by atoms with E-state index in [4.69, 9.17) is 4.42 Å². The number of fused-ring (bicyclic) bond motifs is 21. The molecule has 0 aliphatic carbocycles. The second-order valence-corrected chi connectivity index (χ2v) is 18.2. The molecule has 0 saturated heterocycles. The summed E-state index contributed by atoms with van der Waals surface area (Å²) in [7, 11) is 0. The highest BCUT2D eigenvalue weighted by molar-refractivity contribution is 7.26. The van der Waals surface area contributed by atoms with Crippen molar-refractivity contribution >= 4 is 140 Å². The van der Waals surface area contributed by atoms with E-state index in [1.165, 1.54) is 123 Å². The van der Waals surface area contributed by atoms with Gasteiger partial charge in [0.15, 0.2) is 0 Å². The van der Waals surface area contributed by atoms with Crippen LogP contribution in [0.1, 0.15) is 0 Å². The molecule has 0 saturated carbocycles. The first-order valence-corrected chi connectivity index (χ1v) is 22.5. The Balaban J connectivity index is 0.937. The van der Waals surface area contributed by atoms with Crippen molar-refractivity contribution in [2.75, 3.05) is 0 Å². The Labute approximate surface area is 364 Å². The quantitative estimate of drug-likeness (QED) is 0.159. The third kappa shape index (κ3) is 4.56. The molecule has 2 nitrogen and oxygen atoms in total. The second kappa shape index (κ2) is 12.3. The summed E-state index contributed by atoms with van der Waals surface area (Å²) in [5.74, 6) is 0. The van der Waals surface area contributed by atoms with Crippen LogP contribution in [0, 0.1) is 0 Å². The van der Waals surface area contributed by atoms with Gasteiger partial charge in [-0.1, -0.05) is 140 Å². The third-order valence-corrected chi connectivity index (χ3v) is 15.1. The van der Waals surface area contributed by atoms with Crippen LogP contribution in [0.2, 0.25) is 0 Å². The van der Waals surface area contributed by atoms with Gasteiger partial charge < -0.3 is 8.98 Å². The normalized spacial score (nSPS) is 12.4. The summed E-state index contributed by atoms with van der Waals surface area (Å²) in [6.07, 6.45) is 0. The van der Waals surface area contributed by atoms with E-state index in [1.807, 2.05) is 11.3 Å². The molecule has 0 spiro atoms. The lowest BCUT2D eigenvalue weighted by molar-refractivity contribution is 0.670. The minimum atomic E-state index is 0.912. The molecular formula is C60H33NOS. The van der Waals surface area contributed by atoms with E-state index in [9.17, 15) is 0 Å². The number of aromatic nitrogens is 1. The number of hydrogen-bond acceptors (Lipinski definition) is 2. The van der Waals surface area contributed by atoms with Gasteiger partial charge in [0.25, 0.3) is 0 Å². The maximum absolute atomic E-state index is 6.83. The second-order valence-electron chi connectivity index (χ2n) is 17.1. The van der Waals surface area contributed by atoms with Crippen LogP contribution in [0.5, 0.6) is 0 Å². The van der Waals surface area contributed by atoms with Gasteiger partial charge in [-0.15, -0.1) is 11.3 Å². The molecule has 12 aromatic carbocycles. The molecule has 0 atom stereocenters. The maximum Gasteiger partial charge on any atom is 0.136 e. The molecule has 3 aromatic heterocycles. The smallest absolute Gasteiger partial charge is 0.136 e. The van der Waals surface area contributed by atoms with E-state index < -0.39 is 0 Å². The number of thiophene rings is 1. The number of benzene rings is 12. The zero-order chi connectivity index (χ0) is 40.9. The van der Waals surface area contributed by atoms with E-state index in [0.29, 0.717) is 0 Å². The van der Waals surface area contributed by atoms with Crippen molar-refractivity contribution < 1.29 is 4.42 Å². The molecule has 0 fully saturated rings. The van der Waals surface area contributed by atoms with Crippen LogP contribution in [0.3, 0.4) is 0 Å². The van der Waals surface area contributed by atoms with E-state index in [-0.39, 0.29) is 0 Å². The van der Waals surface area contributed by atoms with Gasteiger partial charge in [-0.25, -0.2) is 0 Å². The first-order valence-electron chi connectivity index (χ1n) is 21.7. The van der Waals surface area contributed by atoms with Crippen LogP contribution in [0.4, 0.5) is 0 Å². The molecule has 3 heteroatoms. The number of para-hydroxylation sites is 1. The highest BCUT2D eigenvalue weighted by Crippen LogP contribution is 2.45. The molecule has 63 heavy (non-hydrogen) atoms. The Morgan fingerprint density at radius 3 is 1.37 bits per heavy atom. The lowest BCUT2D eigenvalue weighted by Crippen LogP contribution is -1.93. The number of rotatable bonds is 2. The summed E-state index contributed by atoms with van der Waals surface area (Å²) in [5, 5.41) is 22.4.